The first-order chi connectivity index (χ1) is 8.79. The zero-order chi connectivity index (χ0) is 14.5. The number of hydrogen-bond acceptors (Lipinski definition) is 3. The van der Waals surface area contributed by atoms with E-state index in [0.29, 0.717) is 0 Å². The second-order valence-electron chi connectivity index (χ2n) is 5.23. The van der Waals surface area contributed by atoms with Crippen LogP contribution in [0.5, 0.6) is 0 Å². The highest BCUT2D eigenvalue weighted by atomic mass is 19.4. The van der Waals surface area contributed by atoms with Crippen molar-refractivity contribution < 1.29 is 22.7 Å². The number of esters is 1. The van der Waals surface area contributed by atoms with Gasteiger partial charge in [0.25, 0.3) is 0 Å². The maximum Gasteiger partial charge on any atom is 0.401 e. The normalized spacial score (nSPS) is 20.9. The van der Waals surface area contributed by atoms with E-state index in [2.05, 4.69) is 5.32 Å². The quantitative estimate of drug-likeness (QED) is 0.787. The molecule has 1 atom stereocenters. The van der Waals surface area contributed by atoms with Crippen molar-refractivity contribution in [1.82, 2.24) is 5.32 Å². The highest BCUT2D eigenvalue weighted by molar-refractivity contribution is 5.80. The largest absolute Gasteiger partial charge is 0.465 e. The lowest BCUT2D eigenvalue weighted by Gasteiger charge is -2.38. The van der Waals surface area contributed by atoms with Gasteiger partial charge in [0.2, 0.25) is 0 Å². The second-order valence-corrected chi connectivity index (χ2v) is 5.23. The van der Waals surface area contributed by atoms with Crippen molar-refractivity contribution in [2.45, 2.75) is 57.7 Å². The van der Waals surface area contributed by atoms with Crippen LogP contribution in [0.25, 0.3) is 0 Å². The standard InChI is InChI=1S/C13H22F3NO2/c1-3-19-11(18)12(2,17-9-13(14,15)16)10-7-5-4-6-8-10/h10,17H,3-9H2,1-2H3. The van der Waals surface area contributed by atoms with Gasteiger partial charge in [-0.25, -0.2) is 0 Å². The smallest absolute Gasteiger partial charge is 0.401 e. The molecule has 0 spiro atoms. The third kappa shape index (κ3) is 4.67. The number of carbonyl (C=O) groups is 1. The Kier molecular flexibility index (Phi) is 5.64. The van der Waals surface area contributed by atoms with Gasteiger partial charge in [0, 0.05) is 0 Å². The van der Waals surface area contributed by atoms with Gasteiger partial charge < -0.3 is 4.74 Å². The lowest BCUT2D eigenvalue weighted by atomic mass is 9.75. The summed E-state index contributed by atoms with van der Waals surface area (Å²) in [4.78, 5) is 12.0. The number of carbonyl (C=O) groups excluding carboxylic acids is 1. The molecule has 0 amide bonds. The highest BCUT2D eigenvalue weighted by Gasteiger charge is 2.44. The summed E-state index contributed by atoms with van der Waals surface area (Å²) < 4.78 is 42.1. The molecular weight excluding hydrogens is 259 g/mol. The second kappa shape index (κ2) is 6.59. The number of halogens is 3. The summed E-state index contributed by atoms with van der Waals surface area (Å²) in [5, 5.41) is 2.39. The SMILES string of the molecule is CCOC(=O)C(C)(NCC(F)(F)F)C1CCCCC1. The number of rotatable bonds is 5. The van der Waals surface area contributed by atoms with Crippen LogP contribution in [-0.2, 0) is 9.53 Å². The number of hydrogen-bond donors (Lipinski definition) is 1. The first-order valence-corrected chi connectivity index (χ1v) is 6.78. The number of nitrogens with one attached hydrogen (secondary N) is 1. The fourth-order valence-corrected chi connectivity index (χ4v) is 2.63. The van der Waals surface area contributed by atoms with Crippen molar-refractivity contribution >= 4 is 5.97 Å². The molecule has 0 heterocycles. The van der Waals surface area contributed by atoms with Gasteiger partial charge >= 0.3 is 12.1 Å². The number of ether oxygens (including phenoxy) is 1. The summed E-state index contributed by atoms with van der Waals surface area (Å²) in [6, 6.07) is 0. The Hall–Kier alpha value is -0.780. The minimum absolute atomic E-state index is 0.0948. The van der Waals surface area contributed by atoms with Gasteiger partial charge in [0.15, 0.2) is 0 Å². The molecule has 0 aromatic rings. The zero-order valence-electron chi connectivity index (χ0n) is 11.5. The van der Waals surface area contributed by atoms with E-state index in [9.17, 15) is 18.0 Å². The minimum Gasteiger partial charge on any atom is -0.465 e. The van der Waals surface area contributed by atoms with E-state index in [-0.39, 0.29) is 12.5 Å². The monoisotopic (exact) mass is 281 g/mol. The fourth-order valence-electron chi connectivity index (χ4n) is 2.63. The van der Waals surface area contributed by atoms with E-state index in [4.69, 9.17) is 4.74 Å². The van der Waals surface area contributed by atoms with Crippen molar-refractivity contribution in [2.75, 3.05) is 13.2 Å². The van der Waals surface area contributed by atoms with E-state index in [1.54, 1.807) is 6.92 Å². The predicted molar refractivity (Wildman–Crippen MR) is 65.7 cm³/mol. The summed E-state index contributed by atoms with van der Waals surface area (Å²) in [6.45, 7) is 2.20. The molecule has 112 valence electrons. The van der Waals surface area contributed by atoms with Crippen molar-refractivity contribution in [3.63, 3.8) is 0 Å². The molecule has 0 aromatic heterocycles. The van der Waals surface area contributed by atoms with Crippen LogP contribution in [0.4, 0.5) is 13.2 Å². The van der Waals surface area contributed by atoms with E-state index in [1.165, 1.54) is 6.92 Å². The summed E-state index contributed by atoms with van der Waals surface area (Å²) in [5.74, 6) is -0.672. The average Bonchev–Trinajstić information content (AvgIpc) is 2.36. The van der Waals surface area contributed by atoms with Gasteiger partial charge in [-0.2, -0.15) is 13.2 Å². The molecule has 3 nitrogen and oxygen atoms in total. The Morgan fingerprint density at radius 3 is 2.32 bits per heavy atom. The molecule has 1 saturated carbocycles. The molecule has 0 aliphatic heterocycles. The lowest BCUT2D eigenvalue weighted by molar-refractivity contribution is -0.158. The molecular formula is C13H22F3NO2. The Labute approximate surface area is 111 Å². The summed E-state index contributed by atoms with van der Waals surface area (Å²) in [6.07, 6.45) is 0.179. The maximum absolute atomic E-state index is 12.4. The molecule has 1 aliphatic rings. The van der Waals surface area contributed by atoms with E-state index in [0.717, 1.165) is 32.1 Å². The third-order valence-electron chi connectivity index (χ3n) is 3.78. The molecule has 1 N–H and O–H groups in total. The van der Waals surface area contributed by atoms with Crippen molar-refractivity contribution in [2.24, 2.45) is 5.92 Å². The van der Waals surface area contributed by atoms with E-state index in [1.807, 2.05) is 0 Å². The molecule has 1 unspecified atom stereocenters. The molecule has 1 aliphatic carbocycles. The van der Waals surface area contributed by atoms with E-state index < -0.39 is 24.2 Å². The maximum atomic E-state index is 12.4. The highest BCUT2D eigenvalue weighted by Crippen LogP contribution is 2.34. The fraction of sp³-hybridized carbons (Fsp3) is 0.923. The van der Waals surface area contributed by atoms with Crippen LogP contribution in [0.3, 0.4) is 0 Å². The zero-order valence-corrected chi connectivity index (χ0v) is 11.5. The molecule has 0 aromatic carbocycles. The number of alkyl halides is 3. The van der Waals surface area contributed by atoms with E-state index >= 15 is 0 Å². The molecule has 0 saturated heterocycles. The predicted octanol–water partition coefficient (Wildman–Crippen LogP) is 3.04. The van der Waals surface area contributed by atoms with Gasteiger partial charge in [-0.1, -0.05) is 19.3 Å². The van der Waals surface area contributed by atoms with Crippen LogP contribution in [0, 0.1) is 5.92 Å². The van der Waals surface area contributed by atoms with Gasteiger partial charge in [-0.3, -0.25) is 10.1 Å². The lowest BCUT2D eigenvalue weighted by Crippen LogP contribution is -2.58. The molecule has 1 fully saturated rings. The summed E-state index contributed by atoms with van der Waals surface area (Å²) >= 11 is 0. The molecule has 1 rings (SSSR count). The Morgan fingerprint density at radius 1 is 1.26 bits per heavy atom. The van der Waals surface area contributed by atoms with Crippen LogP contribution in [0.2, 0.25) is 0 Å². The van der Waals surface area contributed by atoms with Crippen molar-refractivity contribution in [1.29, 1.82) is 0 Å². The third-order valence-corrected chi connectivity index (χ3v) is 3.78. The summed E-state index contributed by atoms with van der Waals surface area (Å²) in [5.41, 5.74) is -1.24. The van der Waals surface area contributed by atoms with Crippen molar-refractivity contribution in [3.05, 3.63) is 0 Å². The average molecular weight is 281 g/mol. The summed E-state index contributed by atoms with van der Waals surface area (Å²) in [7, 11) is 0. The molecule has 0 radical (unpaired) electrons. The van der Waals surface area contributed by atoms with Gasteiger partial charge in [-0.15, -0.1) is 0 Å². The Balaban J connectivity index is 2.79. The topological polar surface area (TPSA) is 38.3 Å². The van der Waals surface area contributed by atoms with Crippen LogP contribution in [-0.4, -0.2) is 30.8 Å². The van der Waals surface area contributed by atoms with Crippen LogP contribution >= 0.6 is 0 Å². The van der Waals surface area contributed by atoms with Gasteiger partial charge in [0.1, 0.15) is 5.54 Å². The molecule has 19 heavy (non-hydrogen) atoms. The first kappa shape index (κ1) is 16.3. The Bertz CT molecular complexity index is 301. The van der Waals surface area contributed by atoms with Gasteiger partial charge in [0.05, 0.1) is 13.2 Å². The van der Waals surface area contributed by atoms with Crippen molar-refractivity contribution in [3.8, 4) is 0 Å². The Morgan fingerprint density at radius 2 is 1.84 bits per heavy atom. The first-order valence-electron chi connectivity index (χ1n) is 6.78. The molecule has 6 heteroatoms. The minimum atomic E-state index is -4.33. The van der Waals surface area contributed by atoms with Crippen LogP contribution in [0.1, 0.15) is 46.0 Å². The van der Waals surface area contributed by atoms with Crippen LogP contribution < -0.4 is 5.32 Å². The molecule has 0 bridgehead atoms. The van der Waals surface area contributed by atoms with Gasteiger partial charge in [-0.05, 0) is 32.6 Å². The van der Waals surface area contributed by atoms with Crippen LogP contribution in [0.15, 0.2) is 0 Å².